The minimum Gasteiger partial charge on any atom is -0.491 e. The first-order valence-corrected chi connectivity index (χ1v) is 11.5. The molecule has 3 heterocycles. The van der Waals surface area contributed by atoms with E-state index in [0.29, 0.717) is 37.0 Å². The summed E-state index contributed by atoms with van der Waals surface area (Å²) >= 11 is 6.00. The molecule has 2 aromatic rings. The maximum absolute atomic E-state index is 13.2. The summed E-state index contributed by atoms with van der Waals surface area (Å²) in [6.07, 6.45) is 3.96. The summed E-state index contributed by atoms with van der Waals surface area (Å²) in [5.74, 6) is 0.842. The van der Waals surface area contributed by atoms with Crippen LogP contribution in [0.3, 0.4) is 0 Å². The van der Waals surface area contributed by atoms with Crippen molar-refractivity contribution in [2.45, 2.75) is 18.6 Å². The summed E-state index contributed by atoms with van der Waals surface area (Å²) in [7, 11) is 2.09. The average molecular weight is 459 g/mol. The van der Waals surface area contributed by atoms with E-state index in [-0.39, 0.29) is 5.91 Å². The molecule has 4 rings (SSSR count). The number of nitrogens with zero attached hydrogens (tertiary/aromatic N) is 4. The molecule has 172 valence electrons. The monoisotopic (exact) mass is 458 g/mol. The number of hydrogen-bond acceptors (Lipinski definition) is 6. The van der Waals surface area contributed by atoms with Gasteiger partial charge in [0.25, 0.3) is 0 Å². The molecule has 0 aliphatic carbocycles. The lowest BCUT2D eigenvalue weighted by Crippen LogP contribution is -2.58. The molecule has 7 nitrogen and oxygen atoms in total. The van der Waals surface area contributed by atoms with Gasteiger partial charge in [0.05, 0.1) is 13.0 Å². The highest BCUT2D eigenvalue weighted by Gasteiger charge is 2.41. The largest absolute Gasteiger partial charge is 0.491 e. The van der Waals surface area contributed by atoms with Gasteiger partial charge in [0.2, 0.25) is 5.91 Å². The molecule has 0 radical (unpaired) electrons. The number of pyridine rings is 1. The van der Waals surface area contributed by atoms with Gasteiger partial charge in [0.15, 0.2) is 0 Å². The standard InChI is InChI=1S/C24H31ClN4O3/c1-27-9-11-29(12-10-27)23(30)15-24(19-31-22-6-4-21(25)5-7-22)18-28(13-14-32-24)17-20-3-2-8-26-16-20/h2-8,16H,9-15,17-19H2,1H3. The quantitative estimate of drug-likeness (QED) is 0.635. The van der Waals surface area contributed by atoms with Crippen LogP contribution in [0.1, 0.15) is 12.0 Å². The van der Waals surface area contributed by atoms with Gasteiger partial charge in [-0.25, -0.2) is 0 Å². The Balaban J connectivity index is 1.47. The van der Waals surface area contributed by atoms with Crippen LogP contribution in [0.4, 0.5) is 0 Å². The van der Waals surface area contributed by atoms with Crippen LogP contribution in [0.25, 0.3) is 0 Å². The molecule has 1 unspecified atom stereocenters. The fourth-order valence-electron chi connectivity index (χ4n) is 4.24. The van der Waals surface area contributed by atoms with E-state index in [1.807, 2.05) is 29.3 Å². The molecule has 0 saturated carbocycles. The summed E-state index contributed by atoms with van der Waals surface area (Å²) in [5.41, 5.74) is 0.438. The average Bonchev–Trinajstić information content (AvgIpc) is 2.80. The van der Waals surface area contributed by atoms with Crippen LogP contribution in [-0.4, -0.2) is 90.7 Å². The fourth-order valence-corrected chi connectivity index (χ4v) is 4.37. The number of rotatable bonds is 7. The van der Waals surface area contributed by atoms with Gasteiger partial charge in [-0.15, -0.1) is 0 Å². The number of piperazine rings is 1. The van der Waals surface area contributed by atoms with Crippen LogP contribution < -0.4 is 4.74 Å². The van der Waals surface area contributed by atoms with Gasteiger partial charge in [-0.1, -0.05) is 17.7 Å². The highest BCUT2D eigenvalue weighted by Crippen LogP contribution is 2.27. The molecule has 2 aliphatic rings. The van der Waals surface area contributed by atoms with Gasteiger partial charge < -0.3 is 19.3 Å². The summed E-state index contributed by atoms with van der Waals surface area (Å²) in [5, 5.41) is 0.661. The third-order valence-corrected chi connectivity index (χ3v) is 6.35. The van der Waals surface area contributed by atoms with Crippen molar-refractivity contribution in [3.05, 3.63) is 59.4 Å². The van der Waals surface area contributed by atoms with Gasteiger partial charge in [0, 0.05) is 63.2 Å². The van der Waals surface area contributed by atoms with Crippen molar-refractivity contribution in [2.24, 2.45) is 0 Å². The number of hydrogen-bond donors (Lipinski definition) is 0. The Kier molecular flexibility index (Phi) is 7.63. The lowest BCUT2D eigenvalue weighted by atomic mass is 9.96. The molecule has 2 fully saturated rings. The van der Waals surface area contributed by atoms with Gasteiger partial charge in [-0.3, -0.25) is 14.7 Å². The Morgan fingerprint density at radius 2 is 1.94 bits per heavy atom. The van der Waals surface area contributed by atoms with E-state index in [1.54, 1.807) is 18.3 Å². The van der Waals surface area contributed by atoms with E-state index in [1.165, 1.54) is 0 Å². The zero-order chi connectivity index (χ0) is 22.4. The fraction of sp³-hybridized carbons (Fsp3) is 0.500. The number of morpholine rings is 1. The smallest absolute Gasteiger partial charge is 0.225 e. The van der Waals surface area contributed by atoms with Crippen LogP contribution in [0.15, 0.2) is 48.8 Å². The molecule has 1 atom stereocenters. The van der Waals surface area contributed by atoms with E-state index >= 15 is 0 Å². The molecule has 0 spiro atoms. The molecule has 8 heteroatoms. The number of likely N-dealkylation sites (N-methyl/N-ethyl adjacent to an activating group) is 1. The van der Waals surface area contributed by atoms with E-state index < -0.39 is 5.60 Å². The van der Waals surface area contributed by atoms with Gasteiger partial charge in [0.1, 0.15) is 18.0 Å². The normalized spacial score (nSPS) is 22.6. The number of aromatic nitrogens is 1. The highest BCUT2D eigenvalue weighted by molar-refractivity contribution is 6.30. The molecule has 2 saturated heterocycles. The summed E-state index contributed by atoms with van der Waals surface area (Å²) in [6.45, 7) is 6.35. The third kappa shape index (κ3) is 6.19. The Morgan fingerprint density at radius 3 is 2.66 bits per heavy atom. The summed E-state index contributed by atoms with van der Waals surface area (Å²) in [4.78, 5) is 24.0. The molecule has 0 N–H and O–H groups in total. The zero-order valence-corrected chi connectivity index (χ0v) is 19.3. The number of amides is 1. The second-order valence-corrected chi connectivity index (χ2v) is 9.14. The molecule has 1 aromatic carbocycles. The first-order chi connectivity index (χ1) is 15.5. The van der Waals surface area contributed by atoms with E-state index in [4.69, 9.17) is 21.1 Å². The molecule has 0 bridgehead atoms. The first kappa shape index (κ1) is 23.0. The van der Waals surface area contributed by atoms with Crippen LogP contribution >= 0.6 is 11.6 Å². The van der Waals surface area contributed by atoms with Crippen LogP contribution in [-0.2, 0) is 16.1 Å². The minimum atomic E-state index is -0.708. The van der Waals surface area contributed by atoms with Crippen LogP contribution in [0.5, 0.6) is 5.75 Å². The molecule has 32 heavy (non-hydrogen) atoms. The predicted molar refractivity (Wildman–Crippen MR) is 124 cm³/mol. The Bertz CT molecular complexity index is 875. The number of halogens is 1. The van der Waals surface area contributed by atoms with Gasteiger partial charge in [-0.2, -0.15) is 0 Å². The Labute approximate surface area is 194 Å². The zero-order valence-electron chi connectivity index (χ0n) is 18.6. The first-order valence-electron chi connectivity index (χ1n) is 11.1. The Hall–Kier alpha value is -2.19. The second-order valence-electron chi connectivity index (χ2n) is 8.71. The Morgan fingerprint density at radius 1 is 1.16 bits per heavy atom. The maximum Gasteiger partial charge on any atom is 0.225 e. The predicted octanol–water partition coefficient (Wildman–Crippen LogP) is 2.55. The van der Waals surface area contributed by atoms with Crippen molar-refractivity contribution in [3.8, 4) is 5.75 Å². The van der Waals surface area contributed by atoms with Crippen molar-refractivity contribution in [1.29, 1.82) is 0 Å². The van der Waals surface area contributed by atoms with E-state index in [2.05, 4.69) is 27.9 Å². The molecule has 2 aliphatic heterocycles. The van der Waals surface area contributed by atoms with Crippen LogP contribution in [0, 0.1) is 0 Å². The van der Waals surface area contributed by atoms with Crippen molar-refractivity contribution >= 4 is 17.5 Å². The number of carbonyl (C=O) groups excluding carboxylic acids is 1. The van der Waals surface area contributed by atoms with Gasteiger partial charge in [-0.05, 0) is 42.9 Å². The number of ether oxygens (including phenoxy) is 2. The lowest BCUT2D eigenvalue weighted by molar-refractivity contribution is -0.157. The van der Waals surface area contributed by atoms with Gasteiger partial charge >= 0.3 is 0 Å². The summed E-state index contributed by atoms with van der Waals surface area (Å²) in [6, 6.07) is 11.3. The topological polar surface area (TPSA) is 58.1 Å². The van der Waals surface area contributed by atoms with Crippen molar-refractivity contribution in [1.82, 2.24) is 19.7 Å². The minimum absolute atomic E-state index is 0.126. The third-order valence-electron chi connectivity index (χ3n) is 6.10. The highest BCUT2D eigenvalue weighted by atomic mass is 35.5. The SMILES string of the molecule is CN1CCN(C(=O)CC2(COc3ccc(Cl)cc3)CN(Cc3cccnc3)CCO2)CC1. The molecular formula is C24H31ClN4O3. The number of carbonyl (C=O) groups is 1. The second kappa shape index (κ2) is 10.6. The van der Waals surface area contributed by atoms with E-state index in [0.717, 1.165) is 44.8 Å². The number of benzene rings is 1. The maximum atomic E-state index is 13.2. The van der Waals surface area contributed by atoms with Crippen LogP contribution in [0.2, 0.25) is 5.02 Å². The molecule has 1 amide bonds. The van der Waals surface area contributed by atoms with Crippen molar-refractivity contribution < 1.29 is 14.3 Å². The van der Waals surface area contributed by atoms with Crippen molar-refractivity contribution in [3.63, 3.8) is 0 Å². The molecule has 1 aromatic heterocycles. The lowest BCUT2D eigenvalue weighted by Gasteiger charge is -2.43. The van der Waals surface area contributed by atoms with E-state index in [9.17, 15) is 4.79 Å². The summed E-state index contributed by atoms with van der Waals surface area (Å²) < 4.78 is 12.4. The van der Waals surface area contributed by atoms with Crippen molar-refractivity contribution in [2.75, 3.05) is 59.5 Å². The molecular weight excluding hydrogens is 428 g/mol.